The number of nitrogens with one attached hydrogen (secondary N) is 1. The van der Waals surface area contributed by atoms with Gasteiger partial charge in [0.05, 0.1) is 6.04 Å². The molecule has 2 saturated carbocycles. The fourth-order valence-electron chi connectivity index (χ4n) is 8.08. The first kappa shape index (κ1) is 22.2. The number of carbonyl (C=O) groups is 1. The normalized spacial score (nSPS) is 28.9. The van der Waals surface area contributed by atoms with Crippen molar-refractivity contribution in [2.45, 2.75) is 50.5 Å². The lowest BCUT2D eigenvalue weighted by atomic mass is 9.68. The minimum Gasteiger partial charge on any atom is -0.378 e. The van der Waals surface area contributed by atoms with Crippen LogP contribution in [0.25, 0.3) is 0 Å². The molecule has 0 radical (unpaired) electrons. The van der Waals surface area contributed by atoms with Gasteiger partial charge in [-0.3, -0.25) is 4.79 Å². The zero-order valence-electron chi connectivity index (χ0n) is 21.0. The predicted molar refractivity (Wildman–Crippen MR) is 145 cm³/mol. The van der Waals surface area contributed by atoms with Gasteiger partial charge in [0.15, 0.2) is 0 Å². The van der Waals surface area contributed by atoms with Crippen molar-refractivity contribution < 1.29 is 4.79 Å². The van der Waals surface area contributed by atoms with Gasteiger partial charge in [-0.25, -0.2) is 0 Å². The van der Waals surface area contributed by atoms with E-state index in [1.54, 1.807) is 0 Å². The highest BCUT2D eigenvalue weighted by atomic mass is 16.2. The van der Waals surface area contributed by atoms with Crippen LogP contribution in [0.1, 0.15) is 71.1 Å². The minimum absolute atomic E-state index is 0.223. The topological polar surface area (TPSA) is 32.3 Å². The van der Waals surface area contributed by atoms with E-state index in [0.717, 1.165) is 49.8 Å². The van der Waals surface area contributed by atoms with E-state index in [9.17, 15) is 4.79 Å². The van der Waals surface area contributed by atoms with Crippen molar-refractivity contribution in [1.82, 2.24) is 4.90 Å². The number of amides is 1. The molecule has 4 aliphatic rings. The molecule has 0 spiro atoms. The van der Waals surface area contributed by atoms with Gasteiger partial charge in [0.1, 0.15) is 0 Å². The van der Waals surface area contributed by atoms with Gasteiger partial charge in [0, 0.05) is 24.3 Å². The summed E-state index contributed by atoms with van der Waals surface area (Å²) in [5, 5.41) is 3.92. The highest BCUT2D eigenvalue weighted by molar-refractivity contribution is 5.95. The second-order valence-corrected chi connectivity index (χ2v) is 11.7. The maximum absolute atomic E-state index is 13.6. The summed E-state index contributed by atoms with van der Waals surface area (Å²) in [6, 6.07) is 28.7. The number of fused-ring (bicyclic) bond motifs is 7. The quantitative estimate of drug-likeness (QED) is 0.436. The molecule has 3 aromatic rings. The van der Waals surface area contributed by atoms with Crippen molar-refractivity contribution in [1.29, 1.82) is 0 Å². The van der Waals surface area contributed by atoms with Crippen LogP contribution in [0.3, 0.4) is 0 Å². The highest BCUT2D eigenvalue weighted by Crippen LogP contribution is 2.63. The maximum atomic E-state index is 13.6. The van der Waals surface area contributed by atoms with Crippen LogP contribution in [-0.4, -0.2) is 23.9 Å². The minimum atomic E-state index is 0.223. The summed E-state index contributed by atoms with van der Waals surface area (Å²) in [7, 11) is 0. The summed E-state index contributed by atoms with van der Waals surface area (Å²) in [6.45, 7) is 1.75. The molecule has 2 aliphatic heterocycles. The van der Waals surface area contributed by atoms with E-state index in [-0.39, 0.29) is 5.91 Å². The standard InChI is InChI=1S/C33H36N2O/c36-33(35-17-15-23(16-18-35)19-22-7-3-1-4-8-22)27-13-14-29-28(21-27)30-25-11-12-26(20-25)31(30)32(34-29)24-9-5-2-6-10-24/h1-10,13-14,21,23,25-26,30-32,34H,11-12,15-20H2/t25-,26-,30-,31+,32+/m0/s1. The summed E-state index contributed by atoms with van der Waals surface area (Å²) < 4.78 is 0. The Bertz CT molecular complexity index is 1230. The third-order valence-corrected chi connectivity index (χ3v) is 9.76. The zero-order valence-corrected chi connectivity index (χ0v) is 21.0. The van der Waals surface area contributed by atoms with Crippen LogP contribution in [0.15, 0.2) is 78.9 Å². The van der Waals surface area contributed by atoms with Crippen LogP contribution >= 0.6 is 0 Å². The van der Waals surface area contributed by atoms with E-state index >= 15 is 0 Å². The van der Waals surface area contributed by atoms with Gasteiger partial charge in [-0.05, 0) is 103 Å². The van der Waals surface area contributed by atoms with E-state index in [4.69, 9.17) is 0 Å². The first-order valence-corrected chi connectivity index (χ1v) is 14.0. The van der Waals surface area contributed by atoms with E-state index in [1.807, 2.05) is 0 Å². The molecule has 7 rings (SSSR count). The van der Waals surface area contributed by atoms with Crippen molar-refractivity contribution in [2.75, 3.05) is 18.4 Å². The molecule has 0 unspecified atom stereocenters. The first-order chi connectivity index (χ1) is 17.7. The largest absolute Gasteiger partial charge is 0.378 e. The maximum Gasteiger partial charge on any atom is 0.253 e. The molecule has 3 heteroatoms. The third kappa shape index (κ3) is 3.84. The molecule has 0 aromatic heterocycles. The van der Waals surface area contributed by atoms with E-state index in [0.29, 0.717) is 23.8 Å². The lowest BCUT2D eigenvalue weighted by Gasteiger charge is -2.43. The van der Waals surface area contributed by atoms with Crippen LogP contribution in [0.5, 0.6) is 0 Å². The summed E-state index contributed by atoms with van der Waals surface area (Å²) in [6.07, 6.45) is 7.39. The van der Waals surface area contributed by atoms with Crippen LogP contribution in [0.4, 0.5) is 5.69 Å². The summed E-state index contributed by atoms with van der Waals surface area (Å²) in [4.78, 5) is 15.7. The smallest absolute Gasteiger partial charge is 0.253 e. The molecule has 36 heavy (non-hydrogen) atoms. The second kappa shape index (κ2) is 9.10. The molecule has 3 fully saturated rings. The Labute approximate surface area is 214 Å². The lowest BCUT2D eigenvalue weighted by molar-refractivity contribution is 0.0690. The van der Waals surface area contributed by atoms with Crippen LogP contribution in [0.2, 0.25) is 0 Å². The number of carbonyl (C=O) groups excluding carboxylic acids is 1. The van der Waals surface area contributed by atoms with Gasteiger partial charge in [-0.1, -0.05) is 60.7 Å². The molecular formula is C33H36N2O. The number of hydrogen-bond acceptors (Lipinski definition) is 2. The predicted octanol–water partition coefficient (Wildman–Crippen LogP) is 7.08. The van der Waals surface area contributed by atoms with Gasteiger partial charge in [0.2, 0.25) is 0 Å². The Morgan fingerprint density at radius 3 is 2.33 bits per heavy atom. The zero-order chi connectivity index (χ0) is 24.1. The molecule has 1 saturated heterocycles. The number of rotatable bonds is 4. The second-order valence-electron chi connectivity index (χ2n) is 11.7. The number of hydrogen-bond donors (Lipinski definition) is 1. The molecule has 3 nitrogen and oxygen atoms in total. The lowest BCUT2D eigenvalue weighted by Crippen LogP contribution is -2.39. The van der Waals surface area contributed by atoms with Crippen molar-refractivity contribution in [3.8, 4) is 0 Å². The van der Waals surface area contributed by atoms with Crippen LogP contribution in [0, 0.1) is 23.7 Å². The van der Waals surface area contributed by atoms with Crippen LogP contribution in [-0.2, 0) is 6.42 Å². The van der Waals surface area contributed by atoms with Crippen molar-refractivity contribution in [2.24, 2.45) is 23.7 Å². The molecule has 2 aliphatic carbocycles. The highest BCUT2D eigenvalue weighted by Gasteiger charge is 2.53. The van der Waals surface area contributed by atoms with Gasteiger partial charge in [-0.2, -0.15) is 0 Å². The average Bonchev–Trinajstić information content (AvgIpc) is 3.57. The monoisotopic (exact) mass is 476 g/mol. The fourth-order valence-corrected chi connectivity index (χ4v) is 8.08. The van der Waals surface area contributed by atoms with Gasteiger partial charge >= 0.3 is 0 Å². The molecule has 3 aromatic carbocycles. The summed E-state index contributed by atoms with van der Waals surface area (Å²) in [5.74, 6) is 3.68. The Morgan fingerprint density at radius 1 is 0.833 bits per heavy atom. The van der Waals surface area contributed by atoms with Crippen molar-refractivity contribution in [3.63, 3.8) is 0 Å². The fraction of sp³-hybridized carbons (Fsp3) is 0.424. The molecule has 1 amide bonds. The average molecular weight is 477 g/mol. The van der Waals surface area contributed by atoms with E-state index < -0.39 is 0 Å². The van der Waals surface area contributed by atoms with Crippen LogP contribution < -0.4 is 5.32 Å². The Hall–Kier alpha value is -3.07. The Kier molecular flexibility index (Phi) is 5.60. The first-order valence-electron chi connectivity index (χ1n) is 14.0. The Morgan fingerprint density at radius 2 is 1.56 bits per heavy atom. The summed E-state index contributed by atoms with van der Waals surface area (Å²) >= 11 is 0. The SMILES string of the molecule is O=C(c1ccc2c(c1)[C@@H]1[C@H]3CC[C@@H](C3)[C@H]1[C@@H](c1ccccc1)N2)N1CCC(Cc2ccccc2)CC1. The number of likely N-dealkylation sites (tertiary alicyclic amines) is 1. The molecular weight excluding hydrogens is 440 g/mol. The number of piperidine rings is 1. The molecule has 5 atom stereocenters. The Balaban J connectivity index is 1.10. The number of anilines is 1. The van der Waals surface area contributed by atoms with Crippen molar-refractivity contribution in [3.05, 3.63) is 101 Å². The number of benzene rings is 3. The van der Waals surface area contributed by atoms with E-state index in [2.05, 4.69) is 89.1 Å². The number of nitrogens with zero attached hydrogens (tertiary/aromatic N) is 1. The molecule has 1 N–H and O–H groups in total. The molecule has 184 valence electrons. The third-order valence-electron chi connectivity index (χ3n) is 9.76. The van der Waals surface area contributed by atoms with Gasteiger partial charge in [-0.15, -0.1) is 0 Å². The van der Waals surface area contributed by atoms with Gasteiger partial charge < -0.3 is 10.2 Å². The van der Waals surface area contributed by atoms with Crippen molar-refractivity contribution >= 4 is 11.6 Å². The van der Waals surface area contributed by atoms with Gasteiger partial charge in [0.25, 0.3) is 5.91 Å². The summed E-state index contributed by atoms with van der Waals surface area (Å²) in [5.41, 5.74) is 6.36. The molecule has 2 heterocycles. The molecule has 2 bridgehead atoms. The van der Waals surface area contributed by atoms with E-state index in [1.165, 1.54) is 41.6 Å².